The molecule has 4 rings (SSSR count). The number of hydrogen-bond donors (Lipinski definition) is 1. The zero-order valence-corrected chi connectivity index (χ0v) is 17.4. The van der Waals surface area contributed by atoms with Crippen LogP contribution >= 0.6 is 0 Å². The molecule has 0 radical (unpaired) electrons. The molecule has 2 heterocycles. The highest BCUT2D eigenvalue weighted by Gasteiger charge is 2.25. The van der Waals surface area contributed by atoms with Gasteiger partial charge in [-0.2, -0.15) is 9.97 Å². The van der Waals surface area contributed by atoms with Crippen LogP contribution in [-0.4, -0.2) is 28.2 Å². The average Bonchev–Trinajstić information content (AvgIpc) is 2.77. The molecule has 7 heteroatoms. The molecule has 0 aliphatic carbocycles. The molecule has 0 spiro atoms. The lowest BCUT2D eigenvalue weighted by atomic mass is 10.0. The molecule has 0 bridgehead atoms. The summed E-state index contributed by atoms with van der Waals surface area (Å²) >= 11 is 0. The smallest absolute Gasteiger partial charge is 0.407 e. The quantitative estimate of drug-likeness (QED) is 0.593. The first kappa shape index (κ1) is 20.7. The van der Waals surface area contributed by atoms with E-state index in [2.05, 4.69) is 15.3 Å². The van der Waals surface area contributed by atoms with Gasteiger partial charge in [0.25, 0.3) is 0 Å². The van der Waals surface area contributed by atoms with Gasteiger partial charge in [-0.15, -0.1) is 0 Å². The van der Waals surface area contributed by atoms with E-state index in [0.717, 1.165) is 16.8 Å². The maximum absolute atomic E-state index is 11.7. The number of aromatic nitrogens is 2. The molecule has 0 saturated carbocycles. The summed E-state index contributed by atoms with van der Waals surface area (Å²) in [5.74, 6) is 0.434. The summed E-state index contributed by atoms with van der Waals surface area (Å²) in [6.45, 7) is 2.63. The molecular formula is C24H25N3O4. The Bertz CT molecular complexity index is 936. The molecule has 1 aromatic heterocycles. The summed E-state index contributed by atoms with van der Waals surface area (Å²) in [6.07, 6.45) is 0.698. The van der Waals surface area contributed by atoms with E-state index in [0.29, 0.717) is 31.9 Å². The van der Waals surface area contributed by atoms with Gasteiger partial charge in [-0.3, -0.25) is 0 Å². The van der Waals surface area contributed by atoms with Gasteiger partial charge in [-0.25, -0.2) is 4.79 Å². The predicted molar refractivity (Wildman–Crippen MR) is 115 cm³/mol. The Hall–Kier alpha value is -3.61. The van der Waals surface area contributed by atoms with Crippen LogP contribution in [0.1, 0.15) is 30.2 Å². The fraction of sp³-hybridized carbons (Fsp3) is 0.292. The lowest BCUT2D eigenvalue weighted by molar-refractivity contribution is 0.0685. The van der Waals surface area contributed by atoms with Crippen molar-refractivity contribution in [3.8, 4) is 11.9 Å². The van der Waals surface area contributed by atoms with Crippen molar-refractivity contribution in [2.45, 2.75) is 45.1 Å². The highest BCUT2D eigenvalue weighted by molar-refractivity contribution is 5.68. The van der Waals surface area contributed by atoms with Crippen LogP contribution in [0.15, 0.2) is 66.7 Å². The fourth-order valence-corrected chi connectivity index (χ4v) is 3.42. The number of carbonyl (C=O) groups excluding carboxylic acids is 1. The molecule has 1 aliphatic heterocycles. The average molecular weight is 419 g/mol. The number of carbonyl (C=O) groups is 1. The fourth-order valence-electron chi connectivity index (χ4n) is 3.42. The highest BCUT2D eigenvalue weighted by Crippen LogP contribution is 2.20. The Morgan fingerprint density at radius 1 is 0.968 bits per heavy atom. The van der Waals surface area contributed by atoms with E-state index in [4.69, 9.17) is 14.2 Å². The minimum Gasteiger partial charge on any atom is -0.473 e. The standard InChI is InChI=1S/C24H25N3O4/c1-17-12-20(26-24(28)31-17)13-21-14-22(29-15-18-8-4-2-5-9-18)27-23(25-21)30-16-19-10-6-3-7-11-19/h2-11,14,17,20H,12-13,15-16H2,1H3,(H,26,28)/t17-,20-/m1/s1. The van der Waals surface area contributed by atoms with Crippen LogP contribution in [0.3, 0.4) is 0 Å². The monoisotopic (exact) mass is 419 g/mol. The molecule has 1 amide bonds. The van der Waals surface area contributed by atoms with Crippen molar-refractivity contribution in [1.82, 2.24) is 15.3 Å². The first-order valence-corrected chi connectivity index (χ1v) is 10.3. The second kappa shape index (κ2) is 9.93. The zero-order valence-electron chi connectivity index (χ0n) is 17.4. The third-order valence-corrected chi connectivity index (χ3v) is 4.88. The van der Waals surface area contributed by atoms with Gasteiger partial charge in [0.15, 0.2) is 0 Å². The van der Waals surface area contributed by atoms with Crippen molar-refractivity contribution in [2.75, 3.05) is 0 Å². The second-order valence-corrected chi connectivity index (χ2v) is 7.53. The lowest BCUT2D eigenvalue weighted by Gasteiger charge is -2.27. The van der Waals surface area contributed by atoms with Gasteiger partial charge in [-0.05, 0) is 18.1 Å². The van der Waals surface area contributed by atoms with Gasteiger partial charge in [0, 0.05) is 24.9 Å². The molecule has 2 aromatic carbocycles. The van der Waals surface area contributed by atoms with Crippen LogP contribution in [0.2, 0.25) is 0 Å². The third-order valence-electron chi connectivity index (χ3n) is 4.88. The van der Waals surface area contributed by atoms with Gasteiger partial charge in [0.05, 0.1) is 5.69 Å². The molecule has 1 saturated heterocycles. The molecular weight excluding hydrogens is 394 g/mol. The molecule has 0 unspecified atom stereocenters. The topological polar surface area (TPSA) is 82.6 Å². The van der Waals surface area contributed by atoms with E-state index in [9.17, 15) is 4.79 Å². The van der Waals surface area contributed by atoms with E-state index in [1.54, 1.807) is 6.07 Å². The lowest BCUT2D eigenvalue weighted by Crippen LogP contribution is -2.45. The van der Waals surface area contributed by atoms with E-state index < -0.39 is 6.09 Å². The van der Waals surface area contributed by atoms with Crippen LogP contribution < -0.4 is 14.8 Å². The number of rotatable bonds is 8. The Morgan fingerprint density at radius 2 is 1.61 bits per heavy atom. The number of benzene rings is 2. The van der Waals surface area contributed by atoms with Crippen molar-refractivity contribution in [3.63, 3.8) is 0 Å². The minimum absolute atomic E-state index is 0.0740. The Labute approximate surface area is 181 Å². The minimum atomic E-state index is -0.404. The second-order valence-electron chi connectivity index (χ2n) is 7.53. The van der Waals surface area contributed by atoms with Gasteiger partial charge in [0.1, 0.15) is 19.3 Å². The molecule has 1 aliphatic rings. The van der Waals surface area contributed by atoms with Gasteiger partial charge < -0.3 is 19.5 Å². The normalized spacial score (nSPS) is 18.0. The van der Waals surface area contributed by atoms with Crippen molar-refractivity contribution in [1.29, 1.82) is 0 Å². The maximum Gasteiger partial charge on any atom is 0.407 e. The number of nitrogens with zero attached hydrogens (tertiary/aromatic N) is 2. The van der Waals surface area contributed by atoms with Crippen LogP contribution in [0.25, 0.3) is 0 Å². The molecule has 31 heavy (non-hydrogen) atoms. The number of cyclic esters (lactones) is 1. The summed E-state index contributed by atoms with van der Waals surface area (Å²) in [4.78, 5) is 20.7. The molecule has 2 atom stereocenters. The summed E-state index contributed by atoms with van der Waals surface area (Å²) in [5.41, 5.74) is 2.80. The van der Waals surface area contributed by atoms with Gasteiger partial charge >= 0.3 is 12.1 Å². The van der Waals surface area contributed by atoms with Crippen molar-refractivity contribution in [2.24, 2.45) is 0 Å². The van der Waals surface area contributed by atoms with Crippen molar-refractivity contribution in [3.05, 3.63) is 83.6 Å². The van der Waals surface area contributed by atoms with Gasteiger partial charge in [0.2, 0.25) is 5.88 Å². The number of amides is 1. The van der Waals surface area contributed by atoms with Crippen LogP contribution in [0.4, 0.5) is 4.79 Å². The highest BCUT2D eigenvalue weighted by atomic mass is 16.6. The summed E-state index contributed by atoms with van der Waals surface area (Å²) < 4.78 is 16.9. The Balaban J connectivity index is 1.50. The van der Waals surface area contributed by atoms with Crippen LogP contribution in [0.5, 0.6) is 11.9 Å². The van der Waals surface area contributed by atoms with Crippen molar-refractivity contribution < 1.29 is 19.0 Å². The molecule has 7 nitrogen and oxygen atoms in total. The predicted octanol–water partition coefficient (Wildman–Crippen LogP) is 4.06. The zero-order chi connectivity index (χ0) is 21.5. The Kier molecular flexibility index (Phi) is 6.62. The van der Waals surface area contributed by atoms with E-state index in [-0.39, 0.29) is 18.2 Å². The number of ether oxygens (including phenoxy) is 3. The number of alkyl carbamates (subject to hydrolysis) is 1. The summed E-state index contributed by atoms with van der Waals surface area (Å²) in [7, 11) is 0. The van der Waals surface area contributed by atoms with Crippen LogP contribution in [0, 0.1) is 0 Å². The molecule has 1 N–H and O–H groups in total. The number of hydrogen-bond acceptors (Lipinski definition) is 6. The Morgan fingerprint density at radius 3 is 2.26 bits per heavy atom. The first-order valence-electron chi connectivity index (χ1n) is 10.3. The van der Waals surface area contributed by atoms with E-state index in [1.165, 1.54) is 0 Å². The van der Waals surface area contributed by atoms with Crippen molar-refractivity contribution >= 4 is 6.09 Å². The number of nitrogens with one attached hydrogen (secondary N) is 1. The van der Waals surface area contributed by atoms with Crippen LogP contribution in [-0.2, 0) is 24.4 Å². The maximum atomic E-state index is 11.7. The third kappa shape index (κ3) is 6.18. The van der Waals surface area contributed by atoms with Gasteiger partial charge in [-0.1, -0.05) is 60.7 Å². The summed E-state index contributed by atoms with van der Waals surface area (Å²) in [5, 5.41) is 2.85. The van der Waals surface area contributed by atoms with E-state index >= 15 is 0 Å². The molecule has 1 fully saturated rings. The SMILES string of the molecule is C[C@@H]1C[C@H](Cc2cc(OCc3ccccc3)nc(OCc3ccccc3)n2)NC(=O)O1. The van der Waals surface area contributed by atoms with E-state index in [1.807, 2.05) is 67.6 Å². The molecule has 3 aromatic rings. The molecule has 160 valence electrons. The first-order chi connectivity index (χ1) is 15.1. The summed E-state index contributed by atoms with van der Waals surface area (Å²) in [6, 6.07) is 21.7. The largest absolute Gasteiger partial charge is 0.473 e.